The molecule has 8 amide bonds. The third-order valence-corrected chi connectivity index (χ3v) is 10.5. The predicted octanol–water partition coefficient (Wildman–Crippen LogP) is -3.72. The molecule has 24 heteroatoms. The molecule has 1 aliphatic rings. The fourth-order valence-electron chi connectivity index (χ4n) is 7.01. The molecule has 0 unspecified atom stereocenters. The number of hydrogen-bond acceptors (Lipinski definition) is 13. The number of amides is 8. The summed E-state index contributed by atoms with van der Waals surface area (Å²) in [4.78, 5) is 123. The van der Waals surface area contributed by atoms with Crippen molar-refractivity contribution in [3.63, 3.8) is 0 Å². The quantitative estimate of drug-likeness (QED) is 0.0229. The monoisotopic (exact) mass is 933 g/mol. The third-order valence-electron chi connectivity index (χ3n) is 10.5. The van der Waals surface area contributed by atoms with Gasteiger partial charge in [-0.3, -0.25) is 48.1 Å². The second-order valence-electron chi connectivity index (χ2n) is 17.2. The van der Waals surface area contributed by atoms with Crippen LogP contribution in [0.5, 0.6) is 5.75 Å². The summed E-state index contributed by atoms with van der Waals surface area (Å²) < 4.78 is 0. The Bertz CT molecular complexity index is 1910. The molecule has 1 aromatic rings. The molecule has 24 nitrogen and oxygen atoms in total. The Morgan fingerprint density at radius 2 is 1.35 bits per heavy atom. The van der Waals surface area contributed by atoms with Crippen LogP contribution < -0.4 is 54.8 Å². The number of guanidine groups is 1. The minimum Gasteiger partial charge on any atom is -0.508 e. The first-order valence-electron chi connectivity index (χ1n) is 21.7. The van der Waals surface area contributed by atoms with E-state index in [-0.39, 0.29) is 56.4 Å². The van der Waals surface area contributed by atoms with Gasteiger partial charge in [0.15, 0.2) is 5.96 Å². The van der Waals surface area contributed by atoms with Crippen LogP contribution in [0.25, 0.3) is 0 Å². The first-order valence-corrected chi connectivity index (χ1v) is 21.7. The van der Waals surface area contributed by atoms with E-state index in [1.807, 2.05) is 0 Å². The molecule has 0 radical (unpaired) electrons. The molecule has 17 N–H and O–H groups in total. The highest BCUT2D eigenvalue weighted by Gasteiger charge is 2.42. The molecule has 0 saturated carbocycles. The van der Waals surface area contributed by atoms with Gasteiger partial charge in [-0.05, 0) is 69.1 Å². The Morgan fingerprint density at radius 3 is 1.89 bits per heavy atom. The lowest BCUT2D eigenvalue weighted by molar-refractivity contribution is -0.141. The third kappa shape index (κ3) is 18.5. The molecule has 1 aromatic carbocycles. The number of phenols is 1. The van der Waals surface area contributed by atoms with Gasteiger partial charge in [-0.15, -0.1) is 0 Å². The van der Waals surface area contributed by atoms with E-state index in [1.165, 1.54) is 43.0 Å². The predicted molar refractivity (Wildman–Crippen MR) is 239 cm³/mol. The van der Waals surface area contributed by atoms with Gasteiger partial charge in [0.1, 0.15) is 42.0 Å². The van der Waals surface area contributed by atoms with Crippen molar-refractivity contribution in [1.82, 2.24) is 36.8 Å². The zero-order valence-electron chi connectivity index (χ0n) is 38.2. The molecule has 1 saturated heterocycles. The van der Waals surface area contributed by atoms with Gasteiger partial charge in [0.05, 0.1) is 18.2 Å². The molecular formula is C42H68N12O12. The summed E-state index contributed by atoms with van der Waals surface area (Å²) in [6.07, 6.45) is -2.24. The molecule has 0 aliphatic carbocycles. The van der Waals surface area contributed by atoms with Gasteiger partial charge in [-0.25, -0.2) is 0 Å². The number of carbonyl (C=O) groups excluding carboxylic acids is 8. The Labute approximate surface area is 383 Å². The number of primary amides is 1. The molecule has 9 atom stereocenters. The average molecular weight is 933 g/mol. The lowest BCUT2D eigenvalue weighted by Crippen LogP contribution is -2.60. The van der Waals surface area contributed by atoms with Crippen molar-refractivity contribution in [1.29, 1.82) is 0 Å². The summed E-state index contributed by atoms with van der Waals surface area (Å²) in [5.41, 5.74) is 22.6. The van der Waals surface area contributed by atoms with Gasteiger partial charge in [0.25, 0.3) is 0 Å². The van der Waals surface area contributed by atoms with Crippen LogP contribution in [0.4, 0.5) is 0 Å². The number of hydrogen-bond donors (Lipinski definition) is 13. The first-order chi connectivity index (χ1) is 30.8. The number of nitrogens with one attached hydrogen (secondary N) is 6. The number of likely N-dealkylation sites (tertiary alicyclic amines) is 1. The van der Waals surface area contributed by atoms with Crippen molar-refractivity contribution < 1.29 is 58.5 Å². The van der Waals surface area contributed by atoms with Crippen LogP contribution in [0.3, 0.4) is 0 Å². The zero-order chi connectivity index (χ0) is 50.0. The van der Waals surface area contributed by atoms with Crippen LogP contribution >= 0.6 is 0 Å². The second kappa shape index (κ2) is 26.4. The second-order valence-corrected chi connectivity index (χ2v) is 17.2. The Kier molecular flexibility index (Phi) is 22.2. The number of carboxylic acids is 1. The number of rotatable bonds is 27. The van der Waals surface area contributed by atoms with Gasteiger partial charge in [-0.1, -0.05) is 39.8 Å². The Morgan fingerprint density at radius 1 is 0.773 bits per heavy atom. The van der Waals surface area contributed by atoms with Crippen LogP contribution in [-0.2, 0) is 49.6 Å². The Balaban J connectivity index is 2.26. The number of aliphatic hydroxyl groups excluding tert-OH is 1. The van der Waals surface area contributed by atoms with E-state index in [1.54, 1.807) is 27.7 Å². The number of nitrogens with two attached hydrogens (primary N) is 4. The summed E-state index contributed by atoms with van der Waals surface area (Å²) in [5, 5.41) is 45.1. The normalized spacial score (nSPS) is 17.2. The smallest absolute Gasteiger partial charge is 0.303 e. The molecule has 0 aromatic heterocycles. The summed E-state index contributed by atoms with van der Waals surface area (Å²) in [5.74, 6) is -8.47. The van der Waals surface area contributed by atoms with Crippen molar-refractivity contribution in [3.05, 3.63) is 29.8 Å². The molecule has 0 bridgehead atoms. The maximum absolute atomic E-state index is 14.0. The molecule has 1 fully saturated rings. The minimum absolute atomic E-state index is 0.0443. The van der Waals surface area contributed by atoms with Crippen molar-refractivity contribution in [2.24, 2.45) is 39.8 Å². The summed E-state index contributed by atoms with van der Waals surface area (Å²) in [6.45, 7) is 9.41. The maximum atomic E-state index is 14.0. The van der Waals surface area contributed by atoms with Crippen molar-refractivity contribution in [2.75, 3.05) is 13.1 Å². The highest BCUT2D eigenvalue weighted by molar-refractivity contribution is 5.97. The first kappa shape index (κ1) is 55.6. The largest absolute Gasteiger partial charge is 0.508 e. The van der Waals surface area contributed by atoms with E-state index >= 15 is 0 Å². The molecule has 0 spiro atoms. The molecule has 368 valence electrons. The van der Waals surface area contributed by atoms with Crippen LogP contribution in [0.1, 0.15) is 85.6 Å². The topological polar surface area (TPSA) is 406 Å². The Hall–Kier alpha value is -6.56. The van der Waals surface area contributed by atoms with Crippen molar-refractivity contribution in [3.8, 4) is 5.75 Å². The standard InChI is InChI=1S/C42H68N12O12/c1-20(2)16-29(38(63)48-22(5)35(44)60)52-37(62)28(13-14-32(58)59)50-41(66)34(21(3)4)54-19-25(18-31(54)57)49-40(65)33(23(6)55)53-39(64)30(17-24-9-11-26(56)12-10-24)51-36(61)27(43)8-7-15-47-42(45)46/h9-12,20-23,25,27-30,33-34,55-56H,7-8,13-19,43H2,1-6H3,(H2,44,60)(H,48,63)(H,49,65)(H,50,66)(H,51,61)(H,52,62)(H,53,64)(H,58,59)(H4,45,46,47)/t22-,23-,25+,27-,28-,29-,30-,33-,34-/m1/s1. The van der Waals surface area contributed by atoms with Gasteiger partial charge >= 0.3 is 5.97 Å². The maximum Gasteiger partial charge on any atom is 0.303 e. The number of nitrogens with zero attached hydrogens (tertiary/aromatic N) is 2. The molecule has 1 aliphatic heterocycles. The van der Waals surface area contributed by atoms with E-state index in [0.29, 0.717) is 12.0 Å². The number of aliphatic carboxylic acids is 1. The molecule has 2 rings (SSSR count). The number of benzene rings is 1. The lowest BCUT2D eigenvalue weighted by atomic mass is 9.99. The number of carbonyl (C=O) groups is 9. The van der Waals surface area contributed by atoms with Crippen molar-refractivity contribution >= 4 is 59.2 Å². The number of aliphatic imine (C=N–C) groups is 1. The van der Waals surface area contributed by atoms with E-state index < -0.39 is 126 Å². The summed E-state index contributed by atoms with van der Waals surface area (Å²) in [7, 11) is 0. The van der Waals surface area contributed by atoms with E-state index in [0.717, 1.165) is 0 Å². The van der Waals surface area contributed by atoms with Crippen LogP contribution in [-0.4, -0.2) is 147 Å². The van der Waals surface area contributed by atoms with Gasteiger partial charge in [0, 0.05) is 32.4 Å². The highest BCUT2D eigenvalue weighted by atomic mass is 16.4. The SMILES string of the molecule is CC(C)C[C@@H](NC(=O)[C@@H](CCC(=O)O)NC(=O)[C@@H](C(C)C)N1C[C@@H](NC(=O)[C@H](NC(=O)[C@@H](Cc2ccc(O)cc2)NC(=O)[C@H](N)CCCN=C(N)N)[C@@H](C)O)CC1=O)C(=O)N[C@H](C)C(N)=O. The fourth-order valence-corrected chi connectivity index (χ4v) is 7.01. The van der Waals surface area contributed by atoms with Crippen molar-refractivity contribution in [2.45, 2.75) is 141 Å². The van der Waals surface area contributed by atoms with Crippen LogP contribution in [0.2, 0.25) is 0 Å². The molecular weight excluding hydrogens is 865 g/mol. The average Bonchev–Trinajstić information content (AvgIpc) is 3.57. The minimum atomic E-state index is -1.60. The van der Waals surface area contributed by atoms with E-state index in [2.05, 4.69) is 36.9 Å². The fraction of sp³-hybridized carbons (Fsp3) is 0.619. The summed E-state index contributed by atoms with van der Waals surface area (Å²) in [6, 6.07) is -4.11. The van der Waals surface area contributed by atoms with Gasteiger partial charge < -0.3 is 75.1 Å². The summed E-state index contributed by atoms with van der Waals surface area (Å²) >= 11 is 0. The number of aliphatic hydroxyl groups is 1. The number of carboxylic acid groups (broad SMARTS) is 1. The molecule has 1 heterocycles. The van der Waals surface area contributed by atoms with E-state index in [4.69, 9.17) is 22.9 Å². The lowest BCUT2D eigenvalue weighted by Gasteiger charge is -2.32. The highest BCUT2D eigenvalue weighted by Crippen LogP contribution is 2.21. The van der Waals surface area contributed by atoms with Gasteiger partial charge in [-0.2, -0.15) is 0 Å². The number of phenolic OH excluding ortho intramolecular Hbond substituents is 1. The zero-order valence-corrected chi connectivity index (χ0v) is 38.2. The van der Waals surface area contributed by atoms with E-state index in [9.17, 15) is 58.5 Å². The number of aromatic hydroxyl groups is 1. The van der Waals surface area contributed by atoms with Crippen LogP contribution in [0, 0.1) is 11.8 Å². The van der Waals surface area contributed by atoms with Crippen LogP contribution in [0.15, 0.2) is 29.3 Å². The molecule has 66 heavy (non-hydrogen) atoms. The van der Waals surface area contributed by atoms with Gasteiger partial charge in [0.2, 0.25) is 47.3 Å².